The maximum absolute atomic E-state index is 13.2. The monoisotopic (exact) mass is 418 g/mol. The van der Waals surface area contributed by atoms with Crippen molar-refractivity contribution in [1.82, 2.24) is 14.9 Å². The number of nitrogens with zero attached hydrogens (tertiary/aromatic N) is 3. The minimum absolute atomic E-state index is 0.0416. The number of aromatic nitrogens is 2. The maximum Gasteiger partial charge on any atom is 0.141 e. The Morgan fingerprint density at radius 1 is 1.29 bits per heavy atom. The largest absolute Gasteiger partial charge is 0.496 e. The molecule has 2 fully saturated rings. The van der Waals surface area contributed by atoms with Crippen molar-refractivity contribution in [2.75, 3.05) is 25.5 Å². The average Bonchev–Trinajstić information content (AvgIpc) is 3.30. The number of rotatable bonds is 3. The molecule has 0 bridgehead atoms. The standard InChI is InChI=1S/C15H11ClFN3OS.C5H9N/c1-21-13-6-12-9(5-14(13)22)15(19-7-18-12)20-8-2-3-11(17)10(16)4-8;1-2-5-4-6(5)3-1/h2-7,22H,1H3,(H,18,19,20);5H,1-4H2. The Labute approximate surface area is 173 Å². The van der Waals surface area contributed by atoms with Crippen LogP contribution in [0.3, 0.4) is 0 Å². The molecule has 28 heavy (non-hydrogen) atoms. The van der Waals surface area contributed by atoms with Gasteiger partial charge in [0, 0.05) is 34.6 Å². The van der Waals surface area contributed by atoms with Crippen LogP contribution >= 0.6 is 24.2 Å². The van der Waals surface area contributed by atoms with Crippen LogP contribution in [0.4, 0.5) is 15.9 Å². The Balaban J connectivity index is 0.000000268. The lowest BCUT2D eigenvalue weighted by atomic mass is 10.2. The normalized spacial score (nSPS) is 19.6. The van der Waals surface area contributed by atoms with Gasteiger partial charge in [-0.15, -0.1) is 12.6 Å². The zero-order chi connectivity index (χ0) is 19.7. The van der Waals surface area contributed by atoms with Gasteiger partial charge in [0.25, 0.3) is 0 Å². The smallest absolute Gasteiger partial charge is 0.141 e. The molecule has 2 atom stereocenters. The third kappa shape index (κ3) is 4.16. The molecule has 5 rings (SSSR count). The third-order valence-electron chi connectivity index (χ3n) is 4.93. The number of ether oxygens (including phenoxy) is 1. The summed E-state index contributed by atoms with van der Waals surface area (Å²) in [6, 6.07) is 9.01. The van der Waals surface area contributed by atoms with Crippen LogP contribution in [0.2, 0.25) is 5.02 Å². The molecule has 3 heterocycles. The zero-order valence-corrected chi connectivity index (χ0v) is 17.0. The van der Waals surface area contributed by atoms with E-state index in [-0.39, 0.29) is 5.02 Å². The van der Waals surface area contributed by atoms with E-state index in [0.29, 0.717) is 27.7 Å². The number of benzene rings is 2. The maximum atomic E-state index is 13.2. The quantitative estimate of drug-likeness (QED) is 0.466. The minimum atomic E-state index is -0.470. The van der Waals surface area contributed by atoms with E-state index in [1.54, 1.807) is 19.2 Å². The summed E-state index contributed by atoms with van der Waals surface area (Å²) >= 11 is 10.2. The summed E-state index contributed by atoms with van der Waals surface area (Å²) in [7, 11) is 1.57. The van der Waals surface area contributed by atoms with Gasteiger partial charge in [0.2, 0.25) is 0 Å². The van der Waals surface area contributed by atoms with E-state index in [0.717, 1.165) is 11.4 Å². The molecule has 5 nitrogen and oxygen atoms in total. The van der Waals surface area contributed by atoms with Crippen molar-refractivity contribution in [3.8, 4) is 5.75 Å². The van der Waals surface area contributed by atoms with Crippen LogP contribution in [-0.2, 0) is 0 Å². The van der Waals surface area contributed by atoms with Crippen molar-refractivity contribution >= 4 is 46.6 Å². The van der Waals surface area contributed by atoms with E-state index in [2.05, 4.69) is 32.8 Å². The average molecular weight is 419 g/mol. The first kappa shape index (κ1) is 19.2. The Morgan fingerprint density at radius 2 is 2.14 bits per heavy atom. The van der Waals surface area contributed by atoms with Crippen molar-refractivity contribution in [3.05, 3.63) is 47.5 Å². The van der Waals surface area contributed by atoms with Gasteiger partial charge < -0.3 is 10.1 Å². The Morgan fingerprint density at radius 3 is 2.75 bits per heavy atom. The van der Waals surface area contributed by atoms with E-state index in [1.165, 1.54) is 44.4 Å². The molecule has 0 aliphatic carbocycles. The van der Waals surface area contributed by atoms with Gasteiger partial charge in [-0.3, -0.25) is 4.90 Å². The number of piperidine rings is 1. The van der Waals surface area contributed by atoms with Gasteiger partial charge >= 0.3 is 0 Å². The molecule has 146 valence electrons. The van der Waals surface area contributed by atoms with Gasteiger partial charge in [0.1, 0.15) is 23.7 Å². The van der Waals surface area contributed by atoms with E-state index in [4.69, 9.17) is 16.3 Å². The second-order valence-electron chi connectivity index (χ2n) is 6.81. The SMILES string of the molecule is C1CC2CN2C1.COc1cc2ncnc(Nc3ccc(F)c(Cl)c3)c2cc1S. The van der Waals surface area contributed by atoms with Crippen LogP contribution in [0.5, 0.6) is 5.75 Å². The van der Waals surface area contributed by atoms with Crippen LogP contribution in [0.25, 0.3) is 10.9 Å². The minimum Gasteiger partial charge on any atom is -0.496 e. The molecular weight excluding hydrogens is 399 g/mol. The summed E-state index contributed by atoms with van der Waals surface area (Å²) in [5.74, 6) is 0.734. The molecule has 2 aromatic carbocycles. The number of halogens is 2. The van der Waals surface area contributed by atoms with Crippen LogP contribution in [0, 0.1) is 5.82 Å². The Kier molecular flexibility index (Phi) is 5.57. The fourth-order valence-electron chi connectivity index (χ4n) is 3.35. The van der Waals surface area contributed by atoms with Gasteiger partial charge in [-0.25, -0.2) is 14.4 Å². The summed E-state index contributed by atoms with van der Waals surface area (Å²) in [5.41, 5.74) is 1.34. The molecule has 0 amide bonds. The van der Waals surface area contributed by atoms with E-state index in [9.17, 15) is 4.39 Å². The number of methoxy groups -OCH3 is 1. The van der Waals surface area contributed by atoms with E-state index in [1.807, 2.05) is 6.07 Å². The molecule has 0 spiro atoms. The molecule has 3 aromatic rings. The molecule has 8 heteroatoms. The third-order valence-corrected chi connectivity index (χ3v) is 5.57. The van der Waals surface area contributed by atoms with Crippen molar-refractivity contribution in [1.29, 1.82) is 0 Å². The lowest BCUT2D eigenvalue weighted by Crippen LogP contribution is -1.97. The van der Waals surface area contributed by atoms with Gasteiger partial charge in [-0.1, -0.05) is 11.6 Å². The van der Waals surface area contributed by atoms with Crippen LogP contribution in [0.1, 0.15) is 12.8 Å². The second-order valence-corrected chi connectivity index (χ2v) is 7.70. The molecule has 2 aliphatic heterocycles. The summed E-state index contributed by atoms with van der Waals surface area (Å²) in [4.78, 5) is 11.6. The van der Waals surface area contributed by atoms with Crippen molar-refractivity contribution in [3.63, 3.8) is 0 Å². The van der Waals surface area contributed by atoms with Gasteiger partial charge in [-0.2, -0.15) is 0 Å². The fourth-order valence-corrected chi connectivity index (χ4v) is 3.81. The zero-order valence-electron chi connectivity index (χ0n) is 15.3. The Bertz CT molecular complexity index is 1010. The van der Waals surface area contributed by atoms with Gasteiger partial charge in [0.15, 0.2) is 0 Å². The van der Waals surface area contributed by atoms with Crippen LogP contribution in [0.15, 0.2) is 41.6 Å². The highest BCUT2D eigenvalue weighted by molar-refractivity contribution is 7.80. The van der Waals surface area contributed by atoms with Crippen molar-refractivity contribution in [2.24, 2.45) is 0 Å². The summed E-state index contributed by atoms with van der Waals surface area (Å²) in [5, 5.41) is 3.92. The first-order chi connectivity index (χ1) is 13.5. The topological polar surface area (TPSA) is 50.1 Å². The molecule has 0 saturated carbocycles. The van der Waals surface area contributed by atoms with Crippen LogP contribution < -0.4 is 10.1 Å². The van der Waals surface area contributed by atoms with Crippen molar-refractivity contribution in [2.45, 2.75) is 23.8 Å². The summed E-state index contributed by atoms with van der Waals surface area (Å²) in [6.45, 7) is 2.81. The highest BCUT2D eigenvalue weighted by atomic mass is 35.5. The molecular formula is C20H20ClFN4OS. The van der Waals surface area contributed by atoms with Gasteiger partial charge in [-0.05, 0) is 43.7 Å². The molecule has 0 radical (unpaired) electrons. The molecule has 1 N–H and O–H groups in total. The molecule has 2 aliphatic rings. The predicted molar refractivity (Wildman–Crippen MR) is 113 cm³/mol. The molecule has 1 aromatic heterocycles. The van der Waals surface area contributed by atoms with E-state index < -0.39 is 5.82 Å². The number of thiol groups is 1. The fraction of sp³-hybridized carbons (Fsp3) is 0.300. The second kappa shape index (κ2) is 8.11. The first-order valence-electron chi connectivity index (χ1n) is 9.03. The number of anilines is 2. The van der Waals surface area contributed by atoms with E-state index >= 15 is 0 Å². The number of hydrogen-bond donors (Lipinski definition) is 2. The highest BCUT2D eigenvalue weighted by Gasteiger charge is 2.37. The Hall–Kier alpha value is -2.09. The lowest BCUT2D eigenvalue weighted by molar-refractivity contribution is 0.405. The highest BCUT2D eigenvalue weighted by Crippen LogP contribution is 2.32. The molecule has 2 saturated heterocycles. The summed E-state index contributed by atoms with van der Waals surface area (Å²) < 4.78 is 18.4. The number of fused-ring (bicyclic) bond motifs is 2. The number of hydrogen-bond acceptors (Lipinski definition) is 6. The molecule has 2 unspecified atom stereocenters. The van der Waals surface area contributed by atoms with Gasteiger partial charge in [0.05, 0.1) is 17.6 Å². The van der Waals surface area contributed by atoms with Crippen molar-refractivity contribution < 1.29 is 9.13 Å². The lowest BCUT2D eigenvalue weighted by Gasteiger charge is -2.11. The summed E-state index contributed by atoms with van der Waals surface area (Å²) in [6.07, 6.45) is 4.39. The first-order valence-corrected chi connectivity index (χ1v) is 9.85. The predicted octanol–water partition coefficient (Wildman–Crippen LogP) is 4.93. The number of nitrogens with one attached hydrogen (secondary N) is 1. The van der Waals surface area contributed by atoms with Crippen LogP contribution in [-0.4, -0.2) is 41.1 Å².